The number of hydrogen-bond donors (Lipinski definition) is 2. The van der Waals surface area contributed by atoms with E-state index >= 15 is 0 Å². The Kier molecular flexibility index (Phi) is 6.07. The first kappa shape index (κ1) is 21.3. The minimum Gasteiger partial charge on any atom is -0.354 e. The van der Waals surface area contributed by atoms with Gasteiger partial charge < -0.3 is 9.84 Å². The molecule has 8 heteroatoms. The van der Waals surface area contributed by atoms with Crippen molar-refractivity contribution in [3.8, 4) is 0 Å². The van der Waals surface area contributed by atoms with Crippen molar-refractivity contribution in [2.24, 2.45) is 0 Å². The third kappa shape index (κ3) is 4.96. The largest absolute Gasteiger partial charge is 0.354 e. The number of benzene rings is 2. The number of carbonyl (C=O) groups excluding carboxylic acids is 1. The van der Waals surface area contributed by atoms with Gasteiger partial charge in [-0.3, -0.25) is 9.52 Å². The predicted octanol–water partition coefficient (Wildman–Crippen LogP) is 4.53. The lowest BCUT2D eigenvalue weighted by atomic mass is 10.1. The molecule has 30 heavy (non-hydrogen) atoms. The summed E-state index contributed by atoms with van der Waals surface area (Å²) in [6, 6.07) is 11.9. The van der Waals surface area contributed by atoms with Crippen molar-refractivity contribution in [1.82, 2.24) is 5.16 Å². The van der Waals surface area contributed by atoms with E-state index in [0.29, 0.717) is 22.8 Å². The summed E-state index contributed by atoms with van der Waals surface area (Å²) < 4.78 is 33.1. The van der Waals surface area contributed by atoms with Crippen molar-refractivity contribution in [2.45, 2.75) is 32.6 Å². The Balaban J connectivity index is 1.77. The number of amides is 1. The van der Waals surface area contributed by atoms with E-state index < -0.39 is 10.0 Å². The second-order valence-corrected chi connectivity index (χ2v) is 8.68. The van der Waals surface area contributed by atoms with Gasteiger partial charge in [0.1, 0.15) is 11.4 Å². The van der Waals surface area contributed by atoms with Crippen LogP contribution in [0.5, 0.6) is 0 Å². The van der Waals surface area contributed by atoms with Gasteiger partial charge in [-0.05, 0) is 67.8 Å². The highest BCUT2D eigenvalue weighted by molar-refractivity contribution is 7.92. The van der Waals surface area contributed by atoms with Crippen LogP contribution in [-0.4, -0.2) is 19.5 Å². The van der Waals surface area contributed by atoms with E-state index in [2.05, 4.69) is 15.2 Å². The van der Waals surface area contributed by atoms with Crippen LogP contribution in [0.1, 0.15) is 35.1 Å². The number of carbonyl (C=O) groups is 1. The maximum atomic E-state index is 12.6. The molecule has 0 unspecified atom stereocenters. The summed E-state index contributed by atoms with van der Waals surface area (Å²) in [5.41, 5.74) is 4.48. The average molecular weight is 426 g/mol. The van der Waals surface area contributed by atoms with Gasteiger partial charge in [0, 0.05) is 12.6 Å². The van der Waals surface area contributed by atoms with Gasteiger partial charge in [0.2, 0.25) is 5.91 Å². The molecule has 1 heterocycles. The van der Waals surface area contributed by atoms with Crippen molar-refractivity contribution in [1.29, 1.82) is 0 Å². The number of hydrogen-bond acceptors (Lipinski definition) is 5. The highest BCUT2D eigenvalue weighted by Crippen LogP contribution is 2.23. The molecule has 0 aliphatic carbocycles. The Morgan fingerprint density at radius 1 is 1.00 bits per heavy atom. The van der Waals surface area contributed by atoms with Crippen molar-refractivity contribution < 1.29 is 17.7 Å². The van der Waals surface area contributed by atoms with E-state index in [1.807, 2.05) is 19.9 Å². The second kappa shape index (κ2) is 8.54. The summed E-state index contributed by atoms with van der Waals surface area (Å²) in [5.74, 6) is 0.192. The van der Waals surface area contributed by atoms with Crippen LogP contribution in [0.2, 0.25) is 0 Å². The third-order valence-corrected chi connectivity index (χ3v) is 5.96. The molecular weight excluding hydrogens is 402 g/mol. The molecule has 0 bridgehead atoms. The molecule has 3 aromatic rings. The Labute approximate surface area is 175 Å². The minimum atomic E-state index is -3.69. The highest BCUT2D eigenvalue weighted by Gasteiger charge is 2.15. The highest BCUT2D eigenvalue weighted by atomic mass is 32.2. The number of anilines is 2. The number of nitrogens with zero attached hydrogens (tertiary/aromatic N) is 1. The van der Waals surface area contributed by atoms with Crippen LogP contribution in [-0.2, 0) is 14.8 Å². The molecule has 3 rings (SSSR count). The Morgan fingerprint density at radius 2 is 1.70 bits per heavy atom. The van der Waals surface area contributed by atoms with Crippen molar-refractivity contribution in [3.63, 3.8) is 0 Å². The molecule has 1 aromatic heterocycles. The van der Waals surface area contributed by atoms with E-state index in [-0.39, 0.29) is 10.8 Å². The van der Waals surface area contributed by atoms with Gasteiger partial charge in [0.05, 0.1) is 4.90 Å². The van der Waals surface area contributed by atoms with Crippen LogP contribution < -0.4 is 10.0 Å². The molecule has 0 fully saturated rings. The van der Waals surface area contributed by atoms with Gasteiger partial charge in [-0.15, -0.1) is 0 Å². The zero-order valence-corrected chi connectivity index (χ0v) is 18.0. The molecule has 0 saturated heterocycles. The summed E-state index contributed by atoms with van der Waals surface area (Å²) in [5, 5.41) is 6.53. The van der Waals surface area contributed by atoms with Crippen LogP contribution in [0, 0.1) is 20.8 Å². The molecule has 0 radical (unpaired) electrons. The molecule has 0 aliphatic rings. The lowest BCUT2D eigenvalue weighted by Gasteiger charge is -2.10. The molecule has 2 N–H and O–H groups in total. The average Bonchev–Trinajstić information content (AvgIpc) is 3.02. The van der Waals surface area contributed by atoms with Gasteiger partial charge in [0.15, 0.2) is 5.76 Å². The minimum absolute atomic E-state index is 0.160. The molecule has 1 amide bonds. The van der Waals surface area contributed by atoms with Crippen LogP contribution in [0.3, 0.4) is 0 Å². The number of aryl methyl sites for hydroxylation is 3. The monoisotopic (exact) mass is 425 g/mol. The molecule has 0 saturated carbocycles. The van der Waals surface area contributed by atoms with E-state index in [4.69, 9.17) is 4.52 Å². The predicted molar refractivity (Wildman–Crippen MR) is 118 cm³/mol. The second-order valence-electron chi connectivity index (χ2n) is 7.00. The summed E-state index contributed by atoms with van der Waals surface area (Å²) in [4.78, 5) is 11.5. The van der Waals surface area contributed by atoms with Crippen LogP contribution in [0.25, 0.3) is 12.2 Å². The lowest BCUT2D eigenvalue weighted by Crippen LogP contribution is -2.13. The SMILES string of the molecule is CC(=O)Nc1c(C)noc1/C=C\c1ccc(S(=O)(=O)Nc2ccc(C)c(C)c2)cc1. The molecule has 7 nitrogen and oxygen atoms in total. The third-order valence-electron chi connectivity index (χ3n) is 4.57. The lowest BCUT2D eigenvalue weighted by molar-refractivity contribution is -0.114. The zero-order chi connectivity index (χ0) is 21.9. The first-order chi connectivity index (χ1) is 14.2. The zero-order valence-electron chi connectivity index (χ0n) is 17.2. The summed E-state index contributed by atoms with van der Waals surface area (Å²) in [7, 11) is -3.69. The smallest absolute Gasteiger partial charge is 0.261 e. The molecular formula is C22H23N3O4S. The molecule has 0 spiro atoms. The molecule has 2 aromatic carbocycles. The van der Waals surface area contributed by atoms with Gasteiger partial charge in [-0.25, -0.2) is 8.42 Å². The Morgan fingerprint density at radius 3 is 2.33 bits per heavy atom. The maximum absolute atomic E-state index is 12.6. The van der Waals surface area contributed by atoms with Crippen LogP contribution in [0.15, 0.2) is 51.9 Å². The van der Waals surface area contributed by atoms with Crippen LogP contribution in [0.4, 0.5) is 11.4 Å². The van der Waals surface area contributed by atoms with Crippen molar-refractivity contribution in [2.75, 3.05) is 10.0 Å². The van der Waals surface area contributed by atoms with E-state index in [1.54, 1.807) is 43.3 Å². The van der Waals surface area contributed by atoms with Crippen molar-refractivity contribution in [3.05, 3.63) is 70.6 Å². The number of sulfonamides is 1. The Hall–Kier alpha value is -3.39. The maximum Gasteiger partial charge on any atom is 0.261 e. The van der Waals surface area contributed by atoms with Gasteiger partial charge in [-0.2, -0.15) is 0 Å². The van der Waals surface area contributed by atoms with E-state index in [0.717, 1.165) is 16.7 Å². The van der Waals surface area contributed by atoms with Crippen molar-refractivity contribution >= 4 is 39.5 Å². The first-order valence-corrected chi connectivity index (χ1v) is 10.8. The standard InChI is InChI=1S/C22H23N3O4S/c1-14-5-9-19(13-15(14)2)25-30(27,28)20-10-6-18(7-11-20)8-12-21-22(23-17(4)26)16(3)24-29-21/h5-13,25H,1-4H3,(H,23,26)/b12-8-. The van der Waals surface area contributed by atoms with E-state index in [1.165, 1.54) is 19.1 Å². The normalized spacial score (nSPS) is 11.6. The van der Waals surface area contributed by atoms with Gasteiger partial charge in [-0.1, -0.05) is 29.4 Å². The number of aromatic nitrogens is 1. The van der Waals surface area contributed by atoms with Gasteiger partial charge in [0.25, 0.3) is 10.0 Å². The quantitative estimate of drug-likeness (QED) is 0.604. The first-order valence-electron chi connectivity index (χ1n) is 9.28. The van der Waals surface area contributed by atoms with E-state index in [9.17, 15) is 13.2 Å². The molecule has 0 aliphatic heterocycles. The Bertz CT molecular complexity index is 1210. The topological polar surface area (TPSA) is 101 Å². The fourth-order valence-corrected chi connectivity index (χ4v) is 3.83. The number of rotatable bonds is 6. The number of nitrogens with one attached hydrogen (secondary N) is 2. The van der Waals surface area contributed by atoms with Gasteiger partial charge >= 0.3 is 0 Å². The molecule has 156 valence electrons. The molecule has 0 atom stereocenters. The summed E-state index contributed by atoms with van der Waals surface area (Å²) >= 11 is 0. The van der Waals surface area contributed by atoms with Crippen LogP contribution >= 0.6 is 0 Å². The fourth-order valence-electron chi connectivity index (χ4n) is 2.78. The summed E-state index contributed by atoms with van der Waals surface area (Å²) in [6.45, 7) is 7.04. The fraction of sp³-hybridized carbons (Fsp3) is 0.182. The summed E-state index contributed by atoms with van der Waals surface area (Å²) in [6.07, 6.45) is 3.42.